The molecule has 1 fully saturated rings. The highest BCUT2D eigenvalue weighted by Crippen LogP contribution is 2.50. The van der Waals surface area contributed by atoms with E-state index in [1.54, 1.807) is 47.8 Å². The van der Waals surface area contributed by atoms with Crippen LogP contribution < -0.4 is 9.47 Å². The number of carbonyl (C=O) groups is 3. The van der Waals surface area contributed by atoms with Crippen LogP contribution in [0.4, 0.5) is 9.59 Å². The molecule has 1 aromatic carbocycles. The van der Waals surface area contributed by atoms with Gasteiger partial charge in [-0.05, 0) is 59.1 Å². The number of ether oxygens (including phenoxy) is 6. The van der Waals surface area contributed by atoms with Gasteiger partial charge in [0.1, 0.15) is 31.1 Å². The van der Waals surface area contributed by atoms with Crippen LogP contribution in [-0.4, -0.2) is 84.9 Å². The van der Waals surface area contributed by atoms with E-state index in [1.807, 2.05) is 13.0 Å². The second-order valence-electron chi connectivity index (χ2n) is 11.8. The molecule has 42 heavy (non-hydrogen) atoms. The first kappa shape index (κ1) is 32.8. The van der Waals surface area contributed by atoms with Gasteiger partial charge in [-0.25, -0.2) is 9.59 Å². The number of benzene rings is 1. The Labute approximate surface area is 248 Å². The van der Waals surface area contributed by atoms with Crippen molar-refractivity contribution < 1.29 is 42.8 Å². The van der Waals surface area contributed by atoms with Crippen molar-refractivity contribution in [2.24, 2.45) is 0 Å². The summed E-state index contributed by atoms with van der Waals surface area (Å²) < 4.78 is 35.0. The van der Waals surface area contributed by atoms with E-state index in [-0.39, 0.29) is 26.4 Å². The number of carbonyl (C=O) groups excluding carboxylic acids is 3. The first-order valence-electron chi connectivity index (χ1n) is 14.0. The Balaban J connectivity index is 2.34. The van der Waals surface area contributed by atoms with Gasteiger partial charge in [-0.3, -0.25) is 14.6 Å². The van der Waals surface area contributed by atoms with Gasteiger partial charge in [0.25, 0.3) is 0 Å². The van der Waals surface area contributed by atoms with Crippen LogP contribution in [0.25, 0.3) is 0 Å². The van der Waals surface area contributed by atoms with Crippen molar-refractivity contribution in [1.82, 2.24) is 9.80 Å². The molecule has 0 aromatic heterocycles. The van der Waals surface area contributed by atoms with Gasteiger partial charge in [0, 0.05) is 12.5 Å². The summed E-state index contributed by atoms with van der Waals surface area (Å²) in [4.78, 5) is 42.5. The van der Waals surface area contributed by atoms with Crippen molar-refractivity contribution in [3.8, 4) is 11.5 Å². The maximum absolute atomic E-state index is 13.9. The Morgan fingerprint density at radius 2 is 1.76 bits per heavy atom. The summed E-state index contributed by atoms with van der Waals surface area (Å²) >= 11 is 0. The molecular formula is C31H44N2O9. The number of rotatable bonds is 9. The molecule has 232 valence electrons. The van der Waals surface area contributed by atoms with Gasteiger partial charge in [-0.15, -0.1) is 0 Å². The Bertz CT molecular complexity index is 1200. The normalized spacial score (nSPS) is 21.2. The fourth-order valence-electron chi connectivity index (χ4n) is 5.53. The molecule has 0 saturated carbocycles. The van der Waals surface area contributed by atoms with E-state index < -0.39 is 47.6 Å². The highest BCUT2D eigenvalue weighted by molar-refractivity contribution is 5.74. The highest BCUT2D eigenvalue weighted by atomic mass is 16.6. The molecule has 0 spiro atoms. The van der Waals surface area contributed by atoms with Crippen molar-refractivity contribution in [3.63, 3.8) is 0 Å². The molecule has 2 heterocycles. The monoisotopic (exact) mass is 588 g/mol. The van der Waals surface area contributed by atoms with Gasteiger partial charge in [-0.2, -0.15) is 0 Å². The largest absolute Gasteiger partial charge is 0.493 e. The molecular weight excluding hydrogens is 544 g/mol. The first-order chi connectivity index (χ1) is 19.7. The number of nitrogens with zero attached hydrogens (tertiary/aromatic N) is 2. The Morgan fingerprint density at radius 1 is 1.10 bits per heavy atom. The Morgan fingerprint density at radius 3 is 2.33 bits per heavy atom. The lowest BCUT2D eigenvalue weighted by molar-refractivity contribution is -0.143. The second kappa shape index (κ2) is 13.1. The Kier molecular flexibility index (Phi) is 10.2. The van der Waals surface area contributed by atoms with E-state index in [4.69, 9.17) is 28.4 Å². The van der Waals surface area contributed by atoms with Crippen LogP contribution in [0.15, 0.2) is 31.4 Å². The van der Waals surface area contributed by atoms with Crippen molar-refractivity contribution >= 4 is 18.2 Å². The minimum absolute atomic E-state index is 0.0469. The predicted octanol–water partition coefficient (Wildman–Crippen LogP) is 5.09. The number of hydrogen-bond acceptors (Lipinski definition) is 9. The molecule has 11 heteroatoms. The molecule has 2 aliphatic heterocycles. The number of fused-ring (bicyclic) bond motifs is 1. The van der Waals surface area contributed by atoms with Crippen molar-refractivity contribution in [1.29, 1.82) is 0 Å². The van der Waals surface area contributed by atoms with Crippen LogP contribution in [-0.2, 0) is 30.2 Å². The highest BCUT2D eigenvalue weighted by Gasteiger charge is 2.55. The molecule has 2 aliphatic rings. The third kappa shape index (κ3) is 7.00. The van der Waals surface area contributed by atoms with Crippen molar-refractivity contribution in [2.75, 3.05) is 33.5 Å². The van der Waals surface area contributed by atoms with Crippen molar-refractivity contribution in [2.45, 2.75) is 84.3 Å². The third-order valence-corrected chi connectivity index (χ3v) is 7.03. The number of esters is 1. The molecule has 11 nitrogen and oxygen atoms in total. The molecule has 0 aliphatic carbocycles. The number of amides is 2. The van der Waals surface area contributed by atoms with Gasteiger partial charge in [-0.1, -0.05) is 31.4 Å². The fraction of sp³-hybridized carbons (Fsp3) is 0.581. The first-order valence-corrected chi connectivity index (χ1v) is 14.0. The lowest BCUT2D eigenvalue weighted by Gasteiger charge is -2.47. The molecule has 1 unspecified atom stereocenters. The number of hydrogen-bond donors (Lipinski definition) is 0. The van der Waals surface area contributed by atoms with Crippen LogP contribution in [0.3, 0.4) is 0 Å². The lowest BCUT2D eigenvalue weighted by atomic mass is 9.82. The smallest absolute Gasteiger partial charge is 0.412 e. The SMILES string of the molecule is C=CCOC(=O)N1C(COC(C)=O)Cc2cc(C)c(OC)c(OCC=C)c2[C@@H]1[C@@H]1COC(C)(C)N1C(=O)OC(C)(C)C. The fourth-order valence-corrected chi connectivity index (χ4v) is 5.53. The molecule has 2 amide bonds. The molecule has 0 radical (unpaired) electrons. The zero-order valence-electron chi connectivity index (χ0n) is 26.0. The van der Waals surface area contributed by atoms with E-state index in [0.717, 1.165) is 11.1 Å². The van der Waals surface area contributed by atoms with Crippen LogP contribution >= 0.6 is 0 Å². The van der Waals surface area contributed by atoms with Gasteiger partial charge in [0.15, 0.2) is 11.5 Å². The van der Waals surface area contributed by atoms with Crippen LogP contribution in [0, 0.1) is 6.92 Å². The predicted molar refractivity (Wildman–Crippen MR) is 156 cm³/mol. The van der Waals surface area contributed by atoms with Gasteiger partial charge >= 0.3 is 18.2 Å². The number of aryl methyl sites for hydroxylation is 1. The van der Waals surface area contributed by atoms with Gasteiger partial charge < -0.3 is 28.4 Å². The third-order valence-electron chi connectivity index (χ3n) is 7.03. The molecule has 0 N–H and O–H groups in total. The standard InChI is InChI=1S/C31H44N2O9/c1-11-13-38-27-24-21(15-19(3)26(27)37-10)16-22(17-40-20(4)34)32(28(35)39-14-12-2)25(24)23-18-41-31(8,9)33(23)29(36)42-30(5,6)7/h11-12,15,22-23,25H,1-2,13-14,16-18H2,3-10H3/t22?,23-,25-/m0/s1. The van der Waals surface area contributed by atoms with Gasteiger partial charge in [0.05, 0.1) is 31.8 Å². The zero-order valence-corrected chi connectivity index (χ0v) is 26.0. The summed E-state index contributed by atoms with van der Waals surface area (Å²) in [6.45, 7) is 19.6. The van der Waals surface area contributed by atoms with E-state index >= 15 is 0 Å². The topological polar surface area (TPSA) is 113 Å². The van der Waals surface area contributed by atoms with E-state index in [9.17, 15) is 14.4 Å². The van der Waals surface area contributed by atoms with Crippen molar-refractivity contribution in [3.05, 3.63) is 48.1 Å². The summed E-state index contributed by atoms with van der Waals surface area (Å²) in [7, 11) is 1.54. The van der Waals surface area contributed by atoms with Crippen LogP contribution in [0.1, 0.15) is 64.3 Å². The number of methoxy groups -OCH3 is 1. The van der Waals surface area contributed by atoms with E-state index in [0.29, 0.717) is 23.5 Å². The minimum Gasteiger partial charge on any atom is -0.493 e. The van der Waals surface area contributed by atoms with Gasteiger partial charge in [0.2, 0.25) is 0 Å². The summed E-state index contributed by atoms with van der Waals surface area (Å²) in [5, 5.41) is 0. The lowest BCUT2D eigenvalue weighted by Crippen LogP contribution is -2.59. The summed E-state index contributed by atoms with van der Waals surface area (Å²) in [6.07, 6.45) is 2.11. The van der Waals surface area contributed by atoms with E-state index in [1.165, 1.54) is 22.8 Å². The molecule has 1 saturated heterocycles. The summed E-state index contributed by atoms with van der Waals surface area (Å²) in [5.41, 5.74) is 0.424. The molecule has 3 atom stereocenters. The average molecular weight is 589 g/mol. The zero-order chi connectivity index (χ0) is 31.4. The second-order valence-corrected chi connectivity index (χ2v) is 11.8. The van der Waals surface area contributed by atoms with Crippen LogP contribution in [0.5, 0.6) is 11.5 Å². The van der Waals surface area contributed by atoms with E-state index in [2.05, 4.69) is 13.2 Å². The van der Waals surface area contributed by atoms with Crippen LogP contribution in [0.2, 0.25) is 0 Å². The minimum atomic E-state index is -1.08. The molecule has 3 rings (SSSR count). The Hall–Kier alpha value is -3.73. The maximum Gasteiger partial charge on any atom is 0.412 e. The maximum atomic E-state index is 13.9. The summed E-state index contributed by atoms with van der Waals surface area (Å²) in [6, 6.07) is -0.278. The average Bonchev–Trinajstić information content (AvgIpc) is 3.21. The quantitative estimate of drug-likeness (QED) is 0.221. The summed E-state index contributed by atoms with van der Waals surface area (Å²) in [5.74, 6) is 0.414. The molecule has 1 aromatic rings. The molecule has 0 bridgehead atoms.